The molecule has 0 unspecified atom stereocenters. The average Bonchev–Trinajstić information content (AvgIpc) is 3.29. The summed E-state index contributed by atoms with van der Waals surface area (Å²) in [6, 6.07) is 9.09. The van der Waals surface area contributed by atoms with E-state index in [9.17, 15) is 9.59 Å². The van der Waals surface area contributed by atoms with Crippen molar-refractivity contribution in [1.29, 1.82) is 0 Å². The molecule has 0 bridgehead atoms. The Morgan fingerprint density at radius 2 is 1.83 bits per heavy atom. The second-order valence-electron chi connectivity index (χ2n) is 9.23. The molecule has 190 valence electrons. The zero-order valence-corrected chi connectivity index (χ0v) is 21.5. The Morgan fingerprint density at radius 3 is 2.56 bits per heavy atom. The molecule has 1 N–H and O–H groups in total. The molecule has 0 spiro atoms. The van der Waals surface area contributed by atoms with Crippen LogP contribution in [-0.2, 0) is 4.74 Å². The van der Waals surface area contributed by atoms with Crippen molar-refractivity contribution in [3.05, 3.63) is 48.3 Å². The summed E-state index contributed by atoms with van der Waals surface area (Å²) in [5.74, 6) is 0.301. The number of para-hydroxylation sites is 1. The molecule has 1 saturated heterocycles. The number of nitrogens with zero attached hydrogens (tertiary/aromatic N) is 4. The summed E-state index contributed by atoms with van der Waals surface area (Å²) in [6.45, 7) is 6.62. The van der Waals surface area contributed by atoms with Crippen molar-refractivity contribution in [2.75, 3.05) is 25.5 Å². The van der Waals surface area contributed by atoms with E-state index in [1.807, 2.05) is 45.0 Å². The molecule has 1 aliphatic heterocycles. The summed E-state index contributed by atoms with van der Waals surface area (Å²) in [7, 11) is 1.58. The van der Waals surface area contributed by atoms with Crippen LogP contribution in [0, 0.1) is 0 Å². The number of anilines is 1. The van der Waals surface area contributed by atoms with Crippen LogP contribution in [0.25, 0.3) is 11.1 Å². The van der Waals surface area contributed by atoms with Crippen LogP contribution < -0.4 is 14.8 Å². The number of aromatic nitrogens is 3. The first kappa shape index (κ1) is 25.4. The molecule has 2 aromatic heterocycles. The van der Waals surface area contributed by atoms with Gasteiger partial charge in [-0.1, -0.05) is 23.3 Å². The van der Waals surface area contributed by atoms with Crippen molar-refractivity contribution < 1.29 is 23.8 Å². The van der Waals surface area contributed by atoms with E-state index in [0.29, 0.717) is 53.1 Å². The molecule has 10 nitrogen and oxygen atoms in total. The number of ether oxygens (including phenoxy) is 3. The monoisotopic (exact) mass is 511 g/mol. The van der Waals surface area contributed by atoms with Gasteiger partial charge in [0.15, 0.2) is 0 Å². The van der Waals surface area contributed by atoms with E-state index in [2.05, 4.69) is 20.5 Å². The zero-order valence-electron chi connectivity index (χ0n) is 20.7. The molecule has 3 aromatic rings. The standard InChI is InChI=1S/C25H29N5O5S/c1-25(2,3)35-24(32)30-13-10-16(11-14-30)34-23-29-28-22(36-23)27-21(31)18-9-12-26-15-19(18)17-7-5-6-8-20(17)33-4/h5-9,12,15-16H,10-11,13-14H2,1-4H3,(H,27,28,31). The van der Waals surface area contributed by atoms with Gasteiger partial charge in [0.1, 0.15) is 17.5 Å². The first-order chi connectivity index (χ1) is 17.2. The molecular weight excluding hydrogens is 482 g/mol. The topological polar surface area (TPSA) is 116 Å². The van der Waals surface area contributed by atoms with Gasteiger partial charge >= 0.3 is 6.09 Å². The molecule has 0 aliphatic carbocycles. The maximum absolute atomic E-state index is 13.1. The number of pyridine rings is 1. The molecule has 11 heteroatoms. The first-order valence-corrected chi connectivity index (χ1v) is 12.4. The molecule has 1 aliphatic rings. The van der Waals surface area contributed by atoms with Gasteiger partial charge < -0.3 is 19.1 Å². The number of hydrogen-bond acceptors (Lipinski definition) is 9. The lowest BCUT2D eigenvalue weighted by Crippen LogP contribution is -2.44. The highest BCUT2D eigenvalue weighted by atomic mass is 32.1. The molecule has 4 rings (SSSR count). The van der Waals surface area contributed by atoms with Crippen LogP contribution in [0.5, 0.6) is 10.9 Å². The van der Waals surface area contributed by atoms with Crippen LogP contribution in [0.15, 0.2) is 42.7 Å². The molecule has 36 heavy (non-hydrogen) atoms. The van der Waals surface area contributed by atoms with Crippen molar-refractivity contribution in [3.63, 3.8) is 0 Å². The molecule has 0 atom stereocenters. The number of piperidine rings is 1. The number of amides is 2. The van der Waals surface area contributed by atoms with E-state index in [4.69, 9.17) is 14.2 Å². The minimum absolute atomic E-state index is 0.0995. The largest absolute Gasteiger partial charge is 0.496 e. The summed E-state index contributed by atoms with van der Waals surface area (Å²) in [6.07, 6.45) is 4.08. The van der Waals surface area contributed by atoms with Gasteiger partial charge in [-0.15, -0.1) is 5.10 Å². The minimum atomic E-state index is -0.526. The van der Waals surface area contributed by atoms with Gasteiger partial charge in [0, 0.05) is 49.5 Å². The average molecular weight is 512 g/mol. The molecule has 1 aromatic carbocycles. The fourth-order valence-electron chi connectivity index (χ4n) is 3.77. The Hall–Kier alpha value is -3.73. The maximum atomic E-state index is 13.1. The van der Waals surface area contributed by atoms with Crippen molar-refractivity contribution in [2.24, 2.45) is 0 Å². The smallest absolute Gasteiger partial charge is 0.410 e. The zero-order chi connectivity index (χ0) is 25.7. The van der Waals surface area contributed by atoms with Gasteiger partial charge in [0.25, 0.3) is 11.1 Å². The Balaban J connectivity index is 1.36. The van der Waals surface area contributed by atoms with Crippen LogP contribution in [0.3, 0.4) is 0 Å². The molecule has 1 fully saturated rings. The number of benzene rings is 1. The van der Waals surface area contributed by atoms with E-state index in [1.165, 1.54) is 0 Å². The van der Waals surface area contributed by atoms with Crippen LogP contribution in [-0.4, -0.2) is 64.0 Å². The minimum Gasteiger partial charge on any atom is -0.496 e. The lowest BCUT2D eigenvalue weighted by molar-refractivity contribution is 0.0126. The van der Waals surface area contributed by atoms with Crippen molar-refractivity contribution in [1.82, 2.24) is 20.1 Å². The van der Waals surface area contributed by atoms with Crippen LogP contribution in [0.4, 0.5) is 9.93 Å². The van der Waals surface area contributed by atoms with Gasteiger partial charge in [0.2, 0.25) is 5.13 Å². The number of likely N-dealkylation sites (tertiary alicyclic amines) is 1. The van der Waals surface area contributed by atoms with E-state index in [-0.39, 0.29) is 18.1 Å². The normalized spacial score (nSPS) is 14.3. The van der Waals surface area contributed by atoms with Crippen LogP contribution in [0.1, 0.15) is 44.0 Å². The Kier molecular flexibility index (Phi) is 7.68. The predicted octanol–water partition coefficient (Wildman–Crippen LogP) is 4.64. The van der Waals surface area contributed by atoms with Gasteiger partial charge in [-0.25, -0.2) is 4.79 Å². The molecule has 3 heterocycles. The first-order valence-electron chi connectivity index (χ1n) is 11.6. The third kappa shape index (κ3) is 6.28. The Morgan fingerprint density at radius 1 is 1.08 bits per heavy atom. The van der Waals surface area contributed by atoms with Gasteiger partial charge in [0.05, 0.1) is 12.7 Å². The third-order valence-corrected chi connectivity index (χ3v) is 6.18. The highest BCUT2D eigenvalue weighted by Crippen LogP contribution is 2.32. The third-order valence-electron chi connectivity index (χ3n) is 5.45. The number of carbonyl (C=O) groups excluding carboxylic acids is 2. The summed E-state index contributed by atoms with van der Waals surface area (Å²) in [5.41, 5.74) is 1.31. The second-order valence-corrected chi connectivity index (χ2v) is 10.2. The SMILES string of the molecule is COc1ccccc1-c1cnccc1C(=O)Nc1nnc(OC2CCN(C(=O)OC(C)(C)C)CC2)s1. The second kappa shape index (κ2) is 10.9. The van der Waals surface area contributed by atoms with Crippen molar-refractivity contribution >= 4 is 28.5 Å². The fourth-order valence-corrected chi connectivity index (χ4v) is 4.43. The van der Waals surface area contributed by atoms with Crippen LogP contribution >= 0.6 is 11.3 Å². The summed E-state index contributed by atoms with van der Waals surface area (Å²) >= 11 is 1.15. The number of rotatable bonds is 6. The predicted molar refractivity (Wildman–Crippen MR) is 136 cm³/mol. The van der Waals surface area contributed by atoms with E-state index in [1.54, 1.807) is 30.5 Å². The number of hydrogen-bond donors (Lipinski definition) is 1. The van der Waals surface area contributed by atoms with Gasteiger partial charge in [-0.2, -0.15) is 0 Å². The molecule has 2 amide bonds. The van der Waals surface area contributed by atoms with E-state index >= 15 is 0 Å². The van der Waals surface area contributed by atoms with Gasteiger partial charge in [-0.05, 0) is 44.2 Å². The number of nitrogens with one attached hydrogen (secondary N) is 1. The summed E-state index contributed by atoms with van der Waals surface area (Å²) < 4.78 is 16.8. The molecular formula is C25H29N5O5S. The van der Waals surface area contributed by atoms with Crippen molar-refractivity contribution in [3.8, 4) is 22.1 Å². The highest BCUT2D eigenvalue weighted by molar-refractivity contribution is 7.17. The lowest BCUT2D eigenvalue weighted by Gasteiger charge is -2.33. The number of carbonyl (C=O) groups is 2. The maximum Gasteiger partial charge on any atom is 0.410 e. The van der Waals surface area contributed by atoms with E-state index < -0.39 is 5.60 Å². The van der Waals surface area contributed by atoms with Crippen LogP contribution in [0.2, 0.25) is 0 Å². The Bertz CT molecular complexity index is 1220. The van der Waals surface area contributed by atoms with Crippen molar-refractivity contribution in [2.45, 2.75) is 45.3 Å². The quantitative estimate of drug-likeness (QED) is 0.509. The summed E-state index contributed by atoms with van der Waals surface area (Å²) in [4.78, 5) is 31.2. The number of methoxy groups -OCH3 is 1. The molecule has 0 saturated carbocycles. The lowest BCUT2D eigenvalue weighted by atomic mass is 10.0. The Labute approximate surface area is 213 Å². The fraction of sp³-hybridized carbons (Fsp3) is 0.400. The molecule has 0 radical (unpaired) electrons. The summed E-state index contributed by atoms with van der Waals surface area (Å²) in [5, 5.41) is 11.6. The van der Waals surface area contributed by atoms with Gasteiger partial charge in [-0.3, -0.25) is 15.1 Å². The highest BCUT2D eigenvalue weighted by Gasteiger charge is 2.28. The van der Waals surface area contributed by atoms with E-state index in [0.717, 1.165) is 16.9 Å².